The summed E-state index contributed by atoms with van der Waals surface area (Å²) in [6, 6.07) is 17.8. The van der Waals surface area contributed by atoms with Crippen molar-refractivity contribution < 1.29 is 9.15 Å². The van der Waals surface area contributed by atoms with Gasteiger partial charge in [-0.1, -0.05) is 42.1 Å². The Bertz CT molecular complexity index is 1030. The van der Waals surface area contributed by atoms with E-state index in [0.29, 0.717) is 17.5 Å². The lowest BCUT2D eigenvalue weighted by atomic mass is 10.2. The molecule has 4 aromatic rings. The molecule has 2 heterocycles. The van der Waals surface area contributed by atoms with Gasteiger partial charge in [-0.05, 0) is 24.3 Å². The molecule has 2 aromatic heterocycles. The average Bonchev–Trinajstić information content (AvgIpc) is 3.33. The largest absolute Gasteiger partial charge is 0.497 e. The Hall–Kier alpha value is -3.13. The van der Waals surface area contributed by atoms with Gasteiger partial charge in [0.05, 0.1) is 12.9 Å². The van der Waals surface area contributed by atoms with Crippen LogP contribution in [0.3, 0.4) is 0 Å². The molecular formula is C19H17N5O2S. The molecule has 4 rings (SSSR count). The van der Waals surface area contributed by atoms with Gasteiger partial charge in [0.15, 0.2) is 11.0 Å². The van der Waals surface area contributed by atoms with Crippen molar-refractivity contribution in [1.82, 2.24) is 25.0 Å². The van der Waals surface area contributed by atoms with Crippen molar-refractivity contribution in [1.29, 1.82) is 0 Å². The Kier molecular flexibility index (Phi) is 4.88. The Morgan fingerprint density at radius 2 is 1.74 bits per heavy atom. The van der Waals surface area contributed by atoms with E-state index in [9.17, 15) is 0 Å². The minimum Gasteiger partial charge on any atom is -0.497 e. The summed E-state index contributed by atoms with van der Waals surface area (Å²) < 4.78 is 12.7. The van der Waals surface area contributed by atoms with E-state index in [1.54, 1.807) is 14.0 Å². The normalized spacial score (nSPS) is 10.9. The van der Waals surface area contributed by atoms with E-state index in [-0.39, 0.29) is 0 Å². The molecule has 0 fully saturated rings. The first-order chi connectivity index (χ1) is 13.2. The van der Waals surface area contributed by atoms with Crippen molar-refractivity contribution >= 4 is 11.8 Å². The molecule has 0 aliphatic rings. The number of aryl methyl sites for hydroxylation is 1. The number of methoxy groups -OCH3 is 1. The van der Waals surface area contributed by atoms with Crippen molar-refractivity contribution in [3.63, 3.8) is 0 Å². The van der Waals surface area contributed by atoms with Gasteiger partial charge in [-0.2, -0.15) is 0 Å². The van der Waals surface area contributed by atoms with Gasteiger partial charge < -0.3 is 9.15 Å². The first kappa shape index (κ1) is 17.3. The van der Waals surface area contributed by atoms with Gasteiger partial charge in [0.1, 0.15) is 5.75 Å². The Morgan fingerprint density at radius 1 is 0.963 bits per heavy atom. The van der Waals surface area contributed by atoms with Crippen molar-refractivity contribution in [2.24, 2.45) is 0 Å². The fraction of sp³-hybridized carbons (Fsp3) is 0.158. The summed E-state index contributed by atoms with van der Waals surface area (Å²) in [6.45, 7) is 1.77. The third-order valence-electron chi connectivity index (χ3n) is 3.89. The van der Waals surface area contributed by atoms with E-state index >= 15 is 0 Å². The van der Waals surface area contributed by atoms with Crippen molar-refractivity contribution in [2.45, 2.75) is 17.8 Å². The lowest BCUT2D eigenvalue weighted by Crippen LogP contribution is -2.00. The van der Waals surface area contributed by atoms with Crippen LogP contribution < -0.4 is 4.74 Å². The second kappa shape index (κ2) is 7.63. The van der Waals surface area contributed by atoms with E-state index in [0.717, 1.165) is 28.0 Å². The lowest BCUT2D eigenvalue weighted by molar-refractivity contribution is 0.414. The minimum atomic E-state index is 0.518. The van der Waals surface area contributed by atoms with Crippen LogP contribution in [0, 0.1) is 6.92 Å². The smallest absolute Gasteiger partial charge is 0.226 e. The number of hydrogen-bond acceptors (Lipinski definition) is 7. The molecule has 136 valence electrons. The van der Waals surface area contributed by atoms with Gasteiger partial charge >= 0.3 is 0 Å². The van der Waals surface area contributed by atoms with Gasteiger partial charge in [-0.3, -0.25) is 4.57 Å². The maximum atomic E-state index is 5.46. The molecule has 0 bridgehead atoms. The number of aromatic nitrogens is 5. The predicted molar refractivity (Wildman–Crippen MR) is 102 cm³/mol. The summed E-state index contributed by atoms with van der Waals surface area (Å²) >= 11 is 1.50. The highest BCUT2D eigenvalue weighted by molar-refractivity contribution is 7.98. The van der Waals surface area contributed by atoms with Crippen LogP contribution in [0.5, 0.6) is 5.75 Å². The Labute approximate surface area is 160 Å². The highest BCUT2D eigenvalue weighted by Gasteiger charge is 2.17. The van der Waals surface area contributed by atoms with Gasteiger partial charge in [0.2, 0.25) is 11.8 Å². The second-order valence-electron chi connectivity index (χ2n) is 5.71. The van der Waals surface area contributed by atoms with Crippen molar-refractivity contribution in [2.75, 3.05) is 7.11 Å². The number of nitrogens with zero attached hydrogens (tertiary/aromatic N) is 5. The summed E-state index contributed by atoms with van der Waals surface area (Å²) in [6.07, 6.45) is 0. The Morgan fingerprint density at radius 3 is 2.41 bits per heavy atom. The molecule has 0 aliphatic heterocycles. The first-order valence-electron chi connectivity index (χ1n) is 8.31. The first-order valence-corrected chi connectivity index (χ1v) is 9.30. The number of hydrogen-bond donors (Lipinski definition) is 0. The number of thioether (sulfide) groups is 1. The third kappa shape index (κ3) is 3.70. The minimum absolute atomic E-state index is 0.518. The topological polar surface area (TPSA) is 78.9 Å². The van der Waals surface area contributed by atoms with Crippen LogP contribution in [-0.2, 0) is 5.75 Å². The standard InChI is InChI=1S/C19H17N5O2S/c1-13-20-21-17(26-13)12-27-19-23-22-18(14-6-4-3-5-7-14)24(19)15-8-10-16(25-2)11-9-15/h3-11H,12H2,1-2H3. The molecule has 2 aromatic carbocycles. The van der Waals surface area contributed by atoms with Crippen LogP contribution in [-0.4, -0.2) is 32.1 Å². The van der Waals surface area contributed by atoms with Gasteiger partial charge in [0.25, 0.3) is 0 Å². The van der Waals surface area contributed by atoms with Crippen LogP contribution in [0.25, 0.3) is 17.1 Å². The molecular weight excluding hydrogens is 362 g/mol. The zero-order chi connectivity index (χ0) is 18.6. The second-order valence-corrected chi connectivity index (χ2v) is 6.65. The third-order valence-corrected chi connectivity index (χ3v) is 4.80. The highest BCUT2D eigenvalue weighted by Crippen LogP contribution is 2.30. The Balaban J connectivity index is 1.72. The molecule has 0 aliphatic carbocycles. The molecule has 8 heteroatoms. The SMILES string of the molecule is COc1ccc(-n2c(SCc3nnc(C)o3)nnc2-c2ccccc2)cc1. The molecule has 0 N–H and O–H groups in total. The molecule has 0 amide bonds. The summed E-state index contributed by atoms with van der Waals surface area (Å²) in [7, 11) is 1.65. The number of ether oxygens (including phenoxy) is 1. The van der Waals surface area contributed by atoms with Crippen LogP contribution in [0.1, 0.15) is 11.8 Å². The molecule has 0 unspecified atom stereocenters. The number of benzene rings is 2. The fourth-order valence-electron chi connectivity index (χ4n) is 2.62. The fourth-order valence-corrected chi connectivity index (χ4v) is 3.41. The molecule has 0 radical (unpaired) electrons. The summed E-state index contributed by atoms with van der Waals surface area (Å²) in [5.74, 6) is 3.19. The average molecular weight is 379 g/mol. The highest BCUT2D eigenvalue weighted by atomic mass is 32.2. The van der Waals surface area contributed by atoms with E-state index in [1.807, 2.05) is 59.2 Å². The number of rotatable bonds is 6. The molecule has 27 heavy (non-hydrogen) atoms. The summed E-state index contributed by atoms with van der Waals surface area (Å²) in [5, 5.41) is 17.5. The molecule has 0 spiro atoms. The van der Waals surface area contributed by atoms with Crippen molar-refractivity contribution in [3.05, 3.63) is 66.4 Å². The van der Waals surface area contributed by atoms with E-state index in [1.165, 1.54) is 11.8 Å². The van der Waals surface area contributed by atoms with Gasteiger partial charge in [-0.25, -0.2) is 0 Å². The van der Waals surface area contributed by atoms with E-state index in [2.05, 4.69) is 20.4 Å². The summed E-state index contributed by atoms with van der Waals surface area (Å²) in [4.78, 5) is 0. The molecule has 7 nitrogen and oxygen atoms in total. The quantitative estimate of drug-likeness (QED) is 0.470. The van der Waals surface area contributed by atoms with Gasteiger partial charge in [-0.15, -0.1) is 20.4 Å². The molecule has 0 atom stereocenters. The molecule has 0 saturated heterocycles. The maximum Gasteiger partial charge on any atom is 0.226 e. The van der Waals surface area contributed by atoms with Crippen LogP contribution in [0.4, 0.5) is 0 Å². The maximum absolute atomic E-state index is 5.46. The molecule has 0 saturated carbocycles. The van der Waals surface area contributed by atoms with Crippen molar-refractivity contribution in [3.8, 4) is 22.8 Å². The van der Waals surface area contributed by atoms with Crippen LogP contribution >= 0.6 is 11.8 Å². The monoisotopic (exact) mass is 379 g/mol. The van der Waals surface area contributed by atoms with Crippen LogP contribution in [0.2, 0.25) is 0 Å². The predicted octanol–water partition coefficient (Wildman–Crippen LogP) is 3.93. The van der Waals surface area contributed by atoms with Crippen LogP contribution in [0.15, 0.2) is 64.2 Å². The zero-order valence-electron chi connectivity index (χ0n) is 14.9. The zero-order valence-corrected chi connectivity index (χ0v) is 15.7. The van der Waals surface area contributed by atoms with Gasteiger partial charge in [0, 0.05) is 18.2 Å². The lowest BCUT2D eigenvalue weighted by Gasteiger charge is -2.10. The van der Waals surface area contributed by atoms with E-state index in [4.69, 9.17) is 9.15 Å². The summed E-state index contributed by atoms with van der Waals surface area (Å²) in [5.41, 5.74) is 1.94. The van der Waals surface area contributed by atoms with E-state index < -0.39 is 0 Å².